The van der Waals surface area contributed by atoms with Gasteiger partial charge < -0.3 is 24.5 Å². The van der Waals surface area contributed by atoms with Crippen molar-refractivity contribution in [2.75, 3.05) is 19.7 Å². The van der Waals surface area contributed by atoms with Crippen LogP contribution < -0.4 is 0 Å². The lowest BCUT2D eigenvalue weighted by Crippen LogP contribution is -2.59. The van der Waals surface area contributed by atoms with Crippen molar-refractivity contribution < 1.29 is 24.2 Å². The zero-order valence-corrected chi connectivity index (χ0v) is 23.5. The highest BCUT2D eigenvalue weighted by Crippen LogP contribution is 2.59. The molecule has 5 rings (SSSR count). The SMILES string of the molecule is CCCC(C)N1CC=C[C@]23O[C@@]4(CC)C=CCN(Cc5ccccc5)C(=O)[C@H]4[C@H]2C(=O)N([C@H](C)CO)C3C1=O. The van der Waals surface area contributed by atoms with Crippen LogP contribution in [0.3, 0.4) is 0 Å². The minimum absolute atomic E-state index is 0.0161. The maximum atomic E-state index is 14.4. The van der Waals surface area contributed by atoms with E-state index in [9.17, 15) is 19.5 Å². The van der Waals surface area contributed by atoms with Gasteiger partial charge in [-0.25, -0.2) is 0 Å². The predicted molar refractivity (Wildman–Crippen MR) is 147 cm³/mol. The summed E-state index contributed by atoms with van der Waals surface area (Å²) in [6.07, 6.45) is 10.00. The number of hydrogen-bond acceptors (Lipinski definition) is 5. The molecule has 8 heteroatoms. The minimum Gasteiger partial charge on any atom is -0.394 e. The molecule has 2 saturated heterocycles. The fourth-order valence-corrected chi connectivity index (χ4v) is 7.25. The van der Waals surface area contributed by atoms with Gasteiger partial charge in [-0.15, -0.1) is 0 Å². The molecule has 1 aromatic rings. The van der Waals surface area contributed by atoms with E-state index in [1.165, 1.54) is 4.90 Å². The number of carbonyl (C=O) groups excluding carboxylic acids is 3. The normalized spacial score (nSPS) is 33.5. The number of aliphatic hydroxyl groups is 1. The summed E-state index contributed by atoms with van der Waals surface area (Å²) in [6.45, 7) is 8.80. The third-order valence-corrected chi connectivity index (χ3v) is 9.19. The van der Waals surface area contributed by atoms with Crippen molar-refractivity contribution in [3.05, 3.63) is 60.2 Å². The highest BCUT2D eigenvalue weighted by atomic mass is 16.5. The molecule has 0 saturated carbocycles. The summed E-state index contributed by atoms with van der Waals surface area (Å²) >= 11 is 0. The average Bonchev–Trinajstić information content (AvgIpc) is 3.24. The van der Waals surface area contributed by atoms with Crippen LogP contribution in [0.1, 0.15) is 52.5 Å². The lowest BCUT2D eigenvalue weighted by atomic mass is 9.73. The molecule has 2 fully saturated rings. The van der Waals surface area contributed by atoms with Crippen molar-refractivity contribution in [3.63, 3.8) is 0 Å². The van der Waals surface area contributed by atoms with Crippen LogP contribution in [0.2, 0.25) is 0 Å². The molecule has 4 heterocycles. The van der Waals surface area contributed by atoms with Crippen LogP contribution in [0.4, 0.5) is 0 Å². The molecule has 0 radical (unpaired) electrons. The van der Waals surface area contributed by atoms with Gasteiger partial charge in [0, 0.05) is 25.7 Å². The van der Waals surface area contributed by atoms with Crippen LogP contribution >= 0.6 is 0 Å². The Labute approximate surface area is 231 Å². The van der Waals surface area contributed by atoms with E-state index in [4.69, 9.17) is 4.74 Å². The molecule has 39 heavy (non-hydrogen) atoms. The topological polar surface area (TPSA) is 90.4 Å². The molecule has 0 bridgehead atoms. The molecular weight excluding hydrogens is 494 g/mol. The number of rotatable bonds is 8. The smallest absolute Gasteiger partial charge is 0.249 e. The van der Waals surface area contributed by atoms with Crippen molar-refractivity contribution in [3.8, 4) is 0 Å². The predicted octanol–water partition coefficient (Wildman–Crippen LogP) is 2.91. The third kappa shape index (κ3) is 4.23. The van der Waals surface area contributed by atoms with E-state index >= 15 is 0 Å². The molecule has 8 nitrogen and oxygen atoms in total. The molecule has 4 aliphatic rings. The summed E-state index contributed by atoms with van der Waals surface area (Å²) in [5, 5.41) is 10.1. The van der Waals surface area contributed by atoms with Gasteiger partial charge in [0.25, 0.3) is 0 Å². The number of benzene rings is 1. The standard InChI is InChI=1S/C31H41N3O5/c1-5-12-21(3)33-18-11-16-31-25(28(37)34(22(4)20-35)26(31)29(33)38)24-27(36)32(19-23-13-8-7-9-14-23)17-10-15-30(24,6-2)39-31/h7-11,13-16,21-22,24-26,35H,5-6,12,17-20H2,1-4H3/t21?,22-,24-,25+,26?,30+,31+/m1/s1. The number of amides is 3. The fraction of sp³-hybridized carbons (Fsp3) is 0.581. The maximum Gasteiger partial charge on any atom is 0.249 e. The summed E-state index contributed by atoms with van der Waals surface area (Å²) in [5.41, 5.74) is -1.30. The minimum atomic E-state index is -1.30. The van der Waals surface area contributed by atoms with Crippen LogP contribution in [-0.2, 0) is 25.7 Å². The summed E-state index contributed by atoms with van der Waals surface area (Å²) < 4.78 is 6.99. The largest absolute Gasteiger partial charge is 0.394 e. The number of likely N-dealkylation sites (tertiary alicyclic amines) is 1. The Morgan fingerprint density at radius 1 is 0.949 bits per heavy atom. The average molecular weight is 536 g/mol. The van der Waals surface area contributed by atoms with Gasteiger partial charge in [-0.1, -0.05) is 74.9 Å². The monoisotopic (exact) mass is 535 g/mol. The Morgan fingerprint density at radius 3 is 2.33 bits per heavy atom. The maximum absolute atomic E-state index is 14.4. The quantitative estimate of drug-likeness (QED) is 0.517. The van der Waals surface area contributed by atoms with E-state index in [1.807, 2.05) is 73.4 Å². The highest BCUT2D eigenvalue weighted by molar-refractivity contribution is 6.00. The van der Waals surface area contributed by atoms with Crippen LogP contribution in [0.5, 0.6) is 0 Å². The first-order valence-corrected chi connectivity index (χ1v) is 14.4. The summed E-state index contributed by atoms with van der Waals surface area (Å²) in [7, 11) is 0. The van der Waals surface area contributed by atoms with E-state index in [0.717, 1.165) is 18.4 Å². The molecule has 3 amide bonds. The molecule has 2 unspecified atom stereocenters. The van der Waals surface area contributed by atoms with E-state index in [1.54, 1.807) is 11.8 Å². The van der Waals surface area contributed by atoms with Crippen LogP contribution in [-0.4, -0.2) is 86.6 Å². The van der Waals surface area contributed by atoms with Crippen LogP contribution in [0, 0.1) is 11.8 Å². The number of aliphatic hydroxyl groups excluding tert-OH is 1. The highest BCUT2D eigenvalue weighted by Gasteiger charge is 2.75. The molecule has 7 atom stereocenters. The van der Waals surface area contributed by atoms with E-state index < -0.39 is 35.1 Å². The second-order valence-electron chi connectivity index (χ2n) is 11.5. The van der Waals surface area contributed by atoms with Crippen molar-refractivity contribution in [1.82, 2.24) is 14.7 Å². The van der Waals surface area contributed by atoms with Gasteiger partial charge in [-0.2, -0.15) is 0 Å². The molecule has 0 aliphatic carbocycles. The van der Waals surface area contributed by atoms with Crippen molar-refractivity contribution in [2.45, 2.75) is 82.8 Å². The third-order valence-electron chi connectivity index (χ3n) is 9.19. The van der Waals surface area contributed by atoms with Gasteiger partial charge >= 0.3 is 0 Å². The fourth-order valence-electron chi connectivity index (χ4n) is 7.25. The van der Waals surface area contributed by atoms with Crippen LogP contribution in [0.15, 0.2) is 54.6 Å². The zero-order chi connectivity index (χ0) is 27.9. The first kappa shape index (κ1) is 27.6. The van der Waals surface area contributed by atoms with Gasteiger partial charge in [0.1, 0.15) is 11.6 Å². The molecule has 0 aromatic heterocycles. The van der Waals surface area contributed by atoms with Crippen molar-refractivity contribution >= 4 is 17.7 Å². The number of carbonyl (C=O) groups is 3. The summed E-state index contributed by atoms with van der Waals surface area (Å²) in [4.78, 5) is 48.2. The van der Waals surface area contributed by atoms with Crippen molar-refractivity contribution in [2.24, 2.45) is 11.8 Å². The van der Waals surface area contributed by atoms with Gasteiger partial charge in [-0.3, -0.25) is 14.4 Å². The molecular formula is C31H41N3O5. The van der Waals surface area contributed by atoms with E-state index in [0.29, 0.717) is 26.1 Å². The first-order valence-electron chi connectivity index (χ1n) is 14.4. The summed E-state index contributed by atoms with van der Waals surface area (Å²) in [5.74, 6) is -2.27. The molecule has 1 aromatic carbocycles. The number of hydrogen-bond donors (Lipinski definition) is 1. The van der Waals surface area contributed by atoms with Gasteiger partial charge in [0.2, 0.25) is 17.7 Å². The van der Waals surface area contributed by atoms with Crippen molar-refractivity contribution in [1.29, 1.82) is 0 Å². The number of fused-ring (bicyclic) bond motifs is 2. The lowest BCUT2D eigenvalue weighted by molar-refractivity contribution is -0.158. The Morgan fingerprint density at radius 2 is 1.67 bits per heavy atom. The molecule has 4 aliphatic heterocycles. The molecule has 1 spiro atoms. The lowest BCUT2D eigenvalue weighted by Gasteiger charge is -2.41. The van der Waals surface area contributed by atoms with Gasteiger partial charge in [-0.05, 0) is 32.3 Å². The Balaban J connectivity index is 1.62. The Hall–Kier alpha value is -2.97. The molecule has 210 valence electrons. The number of nitrogens with zero attached hydrogens (tertiary/aromatic N) is 3. The summed E-state index contributed by atoms with van der Waals surface area (Å²) in [6, 6.07) is 8.25. The van der Waals surface area contributed by atoms with Gasteiger partial charge in [0.05, 0.1) is 30.1 Å². The first-order chi connectivity index (χ1) is 18.7. The Bertz CT molecular complexity index is 1170. The van der Waals surface area contributed by atoms with E-state index in [-0.39, 0.29) is 30.4 Å². The second kappa shape index (κ2) is 10.5. The zero-order valence-electron chi connectivity index (χ0n) is 23.5. The molecule has 1 N–H and O–H groups in total. The number of ether oxygens (including phenoxy) is 1. The van der Waals surface area contributed by atoms with Crippen LogP contribution in [0.25, 0.3) is 0 Å². The van der Waals surface area contributed by atoms with Gasteiger partial charge in [0.15, 0.2) is 0 Å². The van der Waals surface area contributed by atoms with E-state index in [2.05, 4.69) is 6.92 Å². The second-order valence-corrected chi connectivity index (χ2v) is 11.5. The Kier molecular flexibility index (Phi) is 7.46.